The van der Waals surface area contributed by atoms with Crippen molar-refractivity contribution < 1.29 is 9.59 Å². The lowest BCUT2D eigenvalue weighted by Gasteiger charge is -2.33. The third kappa shape index (κ3) is 1.75. The first-order chi connectivity index (χ1) is 7.52. The van der Waals surface area contributed by atoms with Crippen LogP contribution < -0.4 is 5.32 Å². The Hall–Kier alpha value is -0.900. The second kappa shape index (κ2) is 4.17. The first-order valence-corrected chi connectivity index (χ1v) is 6.12. The van der Waals surface area contributed by atoms with Gasteiger partial charge < -0.3 is 5.32 Å². The van der Waals surface area contributed by atoms with Crippen molar-refractivity contribution >= 4 is 11.8 Å². The Morgan fingerprint density at radius 2 is 1.62 bits per heavy atom. The smallest absolute Gasteiger partial charge is 0.233 e. The minimum atomic E-state index is -0.146. The Labute approximate surface area is 96.4 Å². The third-order valence-corrected chi connectivity index (χ3v) is 4.00. The summed E-state index contributed by atoms with van der Waals surface area (Å²) in [6, 6.07) is 0.572. The van der Waals surface area contributed by atoms with E-state index < -0.39 is 0 Å². The van der Waals surface area contributed by atoms with Crippen molar-refractivity contribution in [1.82, 2.24) is 10.2 Å². The predicted molar refractivity (Wildman–Crippen MR) is 60.7 cm³/mol. The number of imide groups is 1. The summed E-state index contributed by atoms with van der Waals surface area (Å²) in [5, 5.41) is 3.33. The van der Waals surface area contributed by atoms with Crippen molar-refractivity contribution in [2.45, 2.75) is 45.7 Å². The van der Waals surface area contributed by atoms with Crippen LogP contribution in [0.25, 0.3) is 0 Å². The summed E-state index contributed by atoms with van der Waals surface area (Å²) in [6.45, 7) is 6.58. The number of rotatable bonds is 1. The molecule has 90 valence electrons. The minimum absolute atomic E-state index is 0.0128. The molecule has 1 N–H and O–H groups in total. The Kier molecular flexibility index (Phi) is 3.02. The van der Waals surface area contributed by atoms with Gasteiger partial charge in [-0.1, -0.05) is 13.8 Å². The highest BCUT2D eigenvalue weighted by Crippen LogP contribution is 2.29. The molecule has 0 aromatic rings. The maximum Gasteiger partial charge on any atom is 0.233 e. The van der Waals surface area contributed by atoms with Crippen LogP contribution in [0, 0.1) is 11.8 Å². The normalized spacial score (nSPS) is 40.6. The number of hydrogen-bond acceptors (Lipinski definition) is 3. The van der Waals surface area contributed by atoms with Crippen molar-refractivity contribution in [2.24, 2.45) is 11.8 Å². The average Bonchev–Trinajstić information content (AvgIpc) is 2.46. The van der Waals surface area contributed by atoms with Crippen LogP contribution >= 0.6 is 0 Å². The predicted octanol–water partition coefficient (Wildman–Crippen LogP) is 0.768. The van der Waals surface area contributed by atoms with Crippen molar-refractivity contribution in [3.05, 3.63) is 0 Å². The SMILES string of the molecule is CC1CCC(N2C(=O)C(C)C(C)C2=O)CN1. The molecule has 2 saturated heterocycles. The Morgan fingerprint density at radius 1 is 1.06 bits per heavy atom. The molecule has 2 heterocycles. The van der Waals surface area contributed by atoms with Gasteiger partial charge in [0.05, 0.1) is 6.04 Å². The lowest BCUT2D eigenvalue weighted by molar-refractivity contribution is -0.143. The van der Waals surface area contributed by atoms with Crippen molar-refractivity contribution in [3.8, 4) is 0 Å². The second-order valence-electron chi connectivity index (χ2n) is 5.16. The van der Waals surface area contributed by atoms with E-state index in [4.69, 9.17) is 0 Å². The number of likely N-dealkylation sites (tertiary alicyclic amines) is 1. The zero-order valence-corrected chi connectivity index (χ0v) is 10.2. The van der Waals surface area contributed by atoms with Gasteiger partial charge in [0.1, 0.15) is 0 Å². The summed E-state index contributed by atoms with van der Waals surface area (Å²) >= 11 is 0. The van der Waals surface area contributed by atoms with Crippen LogP contribution in [0.1, 0.15) is 33.6 Å². The summed E-state index contributed by atoms with van der Waals surface area (Å²) in [7, 11) is 0. The number of nitrogens with zero attached hydrogens (tertiary/aromatic N) is 1. The first kappa shape index (κ1) is 11.6. The van der Waals surface area contributed by atoms with Crippen LogP contribution in [-0.2, 0) is 9.59 Å². The van der Waals surface area contributed by atoms with Crippen molar-refractivity contribution in [3.63, 3.8) is 0 Å². The van der Waals surface area contributed by atoms with Crippen LogP contribution in [0.3, 0.4) is 0 Å². The van der Waals surface area contributed by atoms with E-state index in [1.54, 1.807) is 0 Å². The standard InChI is InChI=1S/C12H20N2O2/c1-7-4-5-10(6-13-7)14-11(15)8(2)9(3)12(14)16/h7-10,13H,4-6H2,1-3H3. The van der Waals surface area contributed by atoms with Gasteiger partial charge in [0, 0.05) is 24.4 Å². The molecule has 2 rings (SSSR count). The highest BCUT2D eigenvalue weighted by molar-refractivity contribution is 6.05. The molecule has 0 aromatic carbocycles. The van der Waals surface area contributed by atoms with Gasteiger partial charge in [0.2, 0.25) is 11.8 Å². The number of nitrogens with one attached hydrogen (secondary N) is 1. The molecule has 16 heavy (non-hydrogen) atoms. The monoisotopic (exact) mass is 224 g/mol. The highest BCUT2D eigenvalue weighted by Gasteiger charge is 2.45. The fraction of sp³-hybridized carbons (Fsp3) is 0.833. The molecule has 2 amide bonds. The lowest BCUT2D eigenvalue weighted by atomic mass is 10.00. The summed E-state index contributed by atoms with van der Waals surface area (Å²) in [5.41, 5.74) is 0. The Balaban J connectivity index is 2.10. The minimum Gasteiger partial charge on any atom is -0.312 e. The molecule has 0 radical (unpaired) electrons. The van der Waals surface area contributed by atoms with Gasteiger partial charge in [0.25, 0.3) is 0 Å². The first-order valence-electron chi connectivity index (χ1n) is 6.12. The lowest BCUT2D eigenvalue weighted by Crippen LogP contribution is -2.51. The van der Waals surface area contributed by atoms with Crippen LogP contribution in [-0.4, -0.2) is 35.3 Å². The molecule has 4 nitrogen and oxygen atoms in total. The van der Waals surface area contributed by atoms with Gasteiger partial charge in [-0.3, -0.25) is 14.5 Å². The zero-order chi connectivity index (χ0) is 11.9. The molecule has 0 bridgehead atoms. The van der Waals surface area contributed by atoms with E-state index in [-0.39, 0.29) is 29.7 Å². The number of carbonyl (C=O) groups excluding carboxylic acids is 2. The zero-order valence-electron chi connectivity index (χ0n) is 10.2. The molecule has 4 unspecified atom stereocenters. The van der Waals surface area contributed by atoms with Gasteiger partial charge in [-0.05, 0) is 19.8 Å². The van der Waals surface area contributed by atoms with E-state index in [1.807, 2.05) is 13.8 Å². The van der Waals surface area contributed by atoms with E-state index in [0.717, 1.165) is 19.4 Å². The largest absolute Gasteiger partial charge is 0.312 e. The molecule has 0 aromatic heterocycles. The van der Waals surface area contributed by atoms with E-state index in [2.05, 4.69) is 12.2 Å². The highest BCUT2D eigenvalue weighted by atomic mass is 16.2. The fourth-order valence-electron chi connectivity index (χ4n) is 2.54. The average molecular weight is 224 g/mol. The molecule has 2 aliphatic rings. The quantitative estimate of drug-likeness (QED) is 0.669. The molecular formula is C12H20N2O2. The molecule has 0 aliphatic carbocycles. The number of amides is 2. The van der Waals surface area contributed by atoms with Crippen LogP contribution in [0.15, 0.2) is 0 Å². The Morgan fingerprint density at radius 3 is 2.06 bits per heavy atom. The third-order valence-electron chi connectivity index (χ3n) is 4.00. The van der Waals surface area contributed by atoms with Gasteiger partial charge in [0.15, 0.2) is 0 Å². The number of carbonyl (C=O) groups is 2. The van der Waals surface area contributed by atoms with Gasteiger partial charge in [-0.2, -0.15) is 0 Å². The molecule has 0 spiro atoms. The maximum atomic E-state index is 12.0. The van der Waals surface area contributed by atoms with Crippen molar-refractivity contribution in [2.75, 3.05) is 6.54 Å². The molecule has 4 atom stereocenters. The molecule has 4 heteroatoms. The number of piperidine rings is 1. The van der Waals surface area contributed by atoms with Gasteiger partial charge >= 0.3 is 0 Å². The Bertz CT molecular complexity index is 288. The van der Waals surface area contributed by atoms with E-state index >= 15 is 0 Å². The van der Waals surface area contributed by atoms with E-state index in [0.29, 0.717) is 6.04 Å². The fourth-order valence-corrected chi connectivity index (χ4v) is 2.54. The molecule has 2 aliphatic heterocycles. The summed E-state index contributed by atoms with van der Waals surface area (Å²) in [6.07, 6.45) is 1.97. The topological polar surface area (TPSA) is 49.4 Å². The van der Waals surface area contributed by atoms with E-state index in [1.165, 1.54) is 4.90 Å². The van der Waals surface area contributed by atoms with Crippen LogP contribution in [0.2, 0.25) is 0 Å². The second-order valence-corrected chi connectivity index (χ2v) is 5.16. The molecular weight excluding hydrogens is 204 g/mol. The van der Waals surface area contributed by atoms with Crippen molar-refractivity contribution in [1.29, 1.82) is 0 Å². The van der Waals surface area contributed by atoms with E-state index in [9.17, 15) is 9.59 Å². The van der Waals surface area contributed by atoms with Gasteiger partial charge in [-0.15, -0.1) is 0 Å². The summed E-state index contributed by atoms with van der Waals surface area (Å²) < 4.78 is 0. The summed E-state index contributed by atoms with van der Waals surface area (Å²) in [5.74, 6) is -0.267. The maximum absolute atomic E-state index is 12.0. The van der Waals surface area contributed by atoms with Crippen LogP contribution in [0.4, 0.5) is 0 Å². The molecule has 0 saturated carbocycles. The number of hydrogen-bond donors (Lipinski definition) is 1. The molecule has 2 fully saturated rings. The van der Waals surface area contributed by atoms with Gasteiger partial charge in [-0.25, -0.2) is 0 Å². The summed E-state index contributed by atoms with van der Waals surface area (Å²) in [4.78, 5) is 25.5. The van der Waals surface area contributed by atoms with Crippen LogP contribution in [0.5, 0.6) is 0 Å².